The van der Waals surface area contributed by atoms with Crippen LogP contribution in [-0.4, -0.2) is 30.6 Å². The van der Waals surface area contributed by atoms with E-state index in [-0.39, 0.29) is 17.7 Å². The summed E-state index contributed by atoms with van der Waals surface area (Å²) in [6.07, 6.45) is -4.05. The Morgan fingerprint density at radius 1 is 1.24 bits per heavy atom. The van der Waals surface area contributed by atoms with Gasteiger partial charge < -0.3 is 15.0 Å². The van der Waals surface area contributed by atoms with Gasteiger partial charge in [0.25, 0.3) is 0 Å². The van der Waals surface area contributed by atoms with Gasteiger partial charge >= 0.3 is 12.8 Å². The van der Waals surface area contributed by atoms with Crippen molar-refractivity contribution in [2.24, 2.45) is 5.92 Å². The van der Waals surface area contributed by atoms with Crippen molar-refractivity contribution in [3.8, 4) is 5.88 Å². The SMILES string of the molecule is CC(=O)NCC1Cc2nc(OC(F)F)ccc2N(c2ccc(C(F)(F)F)cc2)C1. The van der Waals surface area contributed by atoms with E-state index in [0.717, 1.165) is 12.1 Å². The maximum atomic E-state index is 12.8. The lowest BCUT2D eigenvalue weighted by Crippen LogP contribution is -2.39. The van der Waals surface area contributed by atoms with Gasteiger partial charge in [-0.15, -0.1) is 0 Å². The number of pyridine rings is 1. The second-order valence-corrected chi connectivity index (χ2v) is 6.66. The van der Waals surface area contributed by atoms with Gasteiger partial charge in [-0.2, -0.15) is 22.0 Å². The van der Waals surface area contributed by atoms with Crippen LogP contribution in [-0.2, 0) is 17.4 Å². The van der Waals surface area contributed by atoms with Crippen LogP contribution in [0, 0.1) is 5.92 Å². The third kappa shape index (κ3) is 5.12. The molecule has 0 spiro atoms. The summed E-state index contributed by atoms with van der Waals surface area (Å²) in [4.78, 5) is 17.1. The summed E-state index contributed by atoms with van der Waals surface area (Å²) in [7, 11) is 0. The van der Waals surface area contributed by atoms with Crippen LogP contribution < -0.4 is 15.0 Å². The van der Waals surface area contributed by atoms with Gasteiger partial charge in [0.05, 0.1) is 16.9 Å². The predicted octanol–water partition coefficient (Wildman–Crippen LogP) is 4.15. The monoisotopic (exact) mass is 415 g/mol. The Hall–Kier alpha value is -2.91. The third-order valence-corrected chi connectivity index (χ3v) is 4.49. The van der Waals surface area contributed by atoms with Crippen LogP contribution in [0.15, 0.2) is 36.4 Å². The molecule has 0 saturated heterocycles. The van der Waals surface area contributed by atoms with Crippen LogP contribution >= 0.6 is 0 Å². The summed E-state index contributed by atoms with van der Waals surface area (Å²) in [6.45, 7) is -0.925. The van der Waals surface area contributed by atoms with E-state index in [2.05, 4.69) is 15.0 Å². The number of benzene rings is 1. The number of carbonyl (C=O) groups excluding carboxylic acids is 1. The lowest BCUT2D eigenvalue weighted by atomic mass is 9.95. The normalized spacial score (nSPS) is 16.5. The van der Waals surface area contributed by atoms with E-state index in [1.54, 1.807) is 11.0 Å². The van der Waals surface area contributed by atoms with Gasteiger partial charge in [-0.1, -0.05) is 0 Å². The molecule has 29 heavy (non-hydrogen) atoms. The molecule has 0 fully saturated rings. The summed E-state index contributed by atoms with van der Waals surface area (Å²) < 4.78 is 67.9. The number of alkyl halides is 5. The average Bonchev–Trinajstić information content (AvgIpc) is 2.64. The first-order valence-corrected chi connectivity index (χ1v) is 8.77. The largest absolute Gasteiger partial charge is 0.417 e. The van der Waals surface area contributed by atoms with Gasteiger partial charge in [0.1, 0.15) is 0 Å². The highest BCUT2D eigenvalue weighted by Crippen LogP contribution is 2.37. The molecule has 0 bridgehead atoms. The highest BCUT2D eigenvalue weighted by molar-refractivity contribution is 5.73. The molecule has 1 aliphatic heterocycles. The zero-order chi connectivity index (χ0) is 21.2. The summed E-state index contributed by atoms with van der Waals surface area (Å²) in [5.74, 6) is -0.589. The molecular formula is C19H18F5N3O2. The number of hydrogen-bond donors (Lipinski definition) is 1. The van der Waals surface area contributed by atoms with E-state index in [9.17, 15) is 26.7 Å². The van der Waals surface area contributed by atoms with E-state index in [4.69, 9.17) is 0 Å². The van der Waals surface area contributed by atoms with Gasteiger partial charge in [0.15, 0.2) is 0 Å². The number of aromatic nitrogens is 1. The molecule has 0 radical (unpaired) electrons. The molecule has 1 aromatic heterocycles. The Kier molecular flexibility index (Phi) is 5.90. The van der Waals surface area contributed by atoms with Crippen LogP contribution in [0.1, 0.15) is 18.2 Å². The molecule has 10 heteroatoms. The number of rotatable bonds is 5. The molecular weight excluding hydrogens is 397 g/mol. The number of hydrogen-bond acceptors (Lipinski definition) is 4. The lowest BCUT2D eigenvalue weighted by molar-refractivity contribution is -0.137. The zero-order valence-corrected chi connectivity index (χ0v) is 15.3. The summed E-state index contributed by atoms with van der Waals surface area (Å²) in [6, 6.07) is 7.48. The molecule has 1 N–H and O–H groups in total. The van der Waals surface area contributed by atoms with Crippen LogP contribution in [0.25, 0.3) is 0 Å². The van der Waals surface area contributed by atoms with Crippen LogP contribution in [0.3, 0.4) is 0 Å². The fourth-order valence-corrected chi connectivity index (χ4v) is 3.22. The third-order valence-electron chi connectivity index (χ3n) is 4.49. The number of carbonyl (C=O) groups is 1. The van der Waals surface area contributed by atoms with Crippen molar-refractivity contribution in [1.82, 2.24) is 10.3 Å². The molecule has 2 aromatic rings. The Morgan fingerprint density at radius 2 is 1.93 bits per heavy atom. The minimum atomic E-state index is -4.45. The fraction of sp³-hybridized carbons (Fsp3) is 0.368. The minimum Gasteiger partial charge on any atom is -0.417 e. The molecule has 0 saturated carbocycles. The molecule has 1 aliphatic rings. The van der Waals surface area contributed by atoms with Crippen molar-refractivity contribution in [2.75, 3.05) is 18.0 Å². The average molecular weight is 415 g/mol. The molecule has 0 aliphatic carbocycles. The predicted molar refractivity (Wildman–Crippen MR) is 95.2 cm³/mol. The topological polar surface area (TPSA) is 54.5 Å². The van der Waals surface area contributed by atoms with Crippen molar-refractivity contribution >= 4 is 17.3 Å². The Labute approximate surface area is 163 Å². The maximum Gasteiger partial charge on any atom is 0.416 e. The van der Waals surface area contributed by atoms with E-state index < -0.39 is 18.4 Å². The van der Waals surface area contributed by atoms with Gasteiger partial charge in [0.2, 0.25) is 11.8 Å². The second kappa shape index (κ2) is 8.22. The first-order valence-electron chi connectivity index (χ1n) is 8.77. The standard InChI is InChI=1S/C19H18F5N3O2/c1-11(28)25-9-12-8-15-16(6-7-17(26-15)29-18(20)21)27(10-12)14-4-2-13(3-5-14)19(22,23)24/h2-7,12,18H,8-10H2,1H3,(H,25,28). The number of anilines is 2. The lowest BCUT2D eigenvalue weighted by Gasteiger charge is -2.35. The van der Waals surface area contributed by atoms with Gasteiger partial charge in [0, 0.05) is 31.8 Å². The highest BCUT2D eigenvalue weighted by Gasteiger charge is 2.31. The highest BCUT2D eigenvalue weighted by atomic mass is 19.4. The van der Waals surface area contributed by atoms with E-state index in [1.807, 2.05) is 0 Å². The van der Waals surface area contributed by atoms with Gasteiger partial charge in [-0.3, -0.25) is 4.79 Å². The molecule has 156 valence electrons. The molecule has 1 aromatic carbocycles. The summed E-state index contributed by atoms with van der Waals surface area (Å²) >= 11 is 0. The Balaban J connectivity index is 1.93. The quantitative estimate of drug-likeness (QED) is 0.746. The second-order valence-electron chi connectivity index (χ2n) is 6.66. The van der Waals surface area contributed by atoms with Crippen LogP contribution in [0.5, 0.6) is 5.88 Å². The molecule has 3 rings (SSSR count). The number of halogens is 5. The number of nitrogens with one attached hydrogen (secondary N) is 1. The van der Waals surface area contributed by atoms with Crippen molar-refractivity contribution in [1.29, 1.82) is 0 Å². The maximum absolute atomic E-state index is 12.8. The van der Waals surface area contributed by atoms with Crippen LogP contribution in [0.2, 0.25) is 0 Å². The first-order chi connectivity index (χ1) is 13.6. The number of nitrogens with zero attached hydrogens (tertiary/aromatic N) is 2. The molecule has 2 heterocycles. The molecule has 1 amide bonds. The summed E-state index contributed by atoms with van der Waals surface area (Å²) in [5.41, 5.74) is 0.776. The molecule has 5 nitrogen and oxygen atoms in total. The fourth-order valence-electron chi connectivity index (χ4n) is 3.22. The van der Waals surface area contributed by atoms with Gasteiger partial charge in [-0.25, -0.2) is 4.98 Å². The van der Waals surface area contributed by atoms with Crippen molar-refractivity contribution in [3.63, 3.8) is 0 Å². The van der Waals surface area contributed by atoms with Crippen molar-refractivity contribution in [3.05, 3.63) is 47.7 Å². The smallest absolute Gasteiger partial charge is 0.416 e. The van der Waals surface area contributed by atoms with Gasteiger partial charge in [-0.05, 0) is 42.7 Å². The molecule has 1 unspecified atom stereocenters. The van der Waals surface area contributed by atoms with Crippen molar-refractivity contribution < 1.29 is 31.5 Å². The van der Waals surface area contributed by atoms with E-state index >= 15 is 0 Å². The van der Waals surface area contributed by atoms with Crippen LogP contribution in [0.4, 0.5) is 33.3 Å². The zero-order valence-electron chi connectivity index (χ0n) is 15.3. The Morgan fingerprint density at radius 3 is 2.52 bits per heavy atom. The van der Waals surface area contributed by atoms with E-state index in [1.165, 1.54) is 25.1 Å². The number of ether oxygens (including phenoxy) is 1. The summed E-state index contributed by atoms with van der Waals surface area (Å²) in [5, 5.41) is 2.70. The first kappa shape index (κ1) is 20.8. The molecule has 1 atom stereocenters. The number of amides is 1. The van der Waals surface area contributed by atoms with Crippen molar-refractivity contribution in [2.45, 2.75) is 26.1 Å². The van der Waals surface area contributed by atoms with E-state index in [0.29, 0.717) is 36.6 Å². The Bertz CT molecular complexity index is 871. The minimum absolute atomic E-state index is 0.122. The number of fused-ring (bicyclic) bond motifs is 1.